The monoisotopic (exact) mass is 373 g/mol. The van der Waals surface area contributed by atoms with Gasteiger partial charge in [-0.2, -0.15) is 0 Å². The Balaban J connectivity index is 1.85. The molecule has 7 heteroatoms. The minimum absolute atomic E-state index is 0.361. The van der Waals surface area contributed by atoms with Gasteiger partial charge in [0.25, 0.3) is 11.8 Å². The van der Waals surface area contributed by atoms with Crippen LogP contribution in [0, 0.1) is 13.8 Å². The molecule has 0 saturated heterocycles. The molecular weight excluding hydrogens is 354 g/mol. The van der Waals surface area contributed by atoms with Gasteiger partial charge in [-0.1, -0.05) is 46.6 Å². The topological polar surface area (TPSA) is 79.8 Å². The van der Waals surface area contributed by atoms with Crippen molar-refractivity contribution in [2.75, 3.05) is 10.6 Å². The van der Waals surface area contributed by atoms with E-state index in [2.05, 4.69) is 15.8 Å². The van der Waals surface area contributed by atoms with Gasteiger partial charge in [0.15, 0.2) is 0 Å². The summed E-state index contributed by atoms with van der Waals surface area (Å²) in [6.07, 6.45) is 0.0876. The molecule has 136 valence electrons. The van der Waals surface area contributed by atoms with Gasteiger partial charge in [0, 0.05) is 5.69 Å². The van der Waals surface area contributed by atoms with Gasteiger partial charge >= 0.3 is 0 Å². The zero-order valence-corrected chi connectivity index (χ0v) is 15.5. The molecule has 0 aromatic heterocycles. The molecular formula is C19H20ClN3O3. The highest BCUT2D eigenvalue weighted by atomic mass is 35.5. The first-order chi connectivity index (χ1) is 12.4. The normalized spacial score (nSPS) is 11.8. The van der Waals surface area contributed by atoms with Crippen molar-refractivity contribution in [3.05, 3.63) is 58.6 Å². The summed E-state index contributed by atoms with van der Waals surface area (Å²) in [7, 11) is 0. The van der Waals surface area contributed by atoms with E-state index in [9.17, 15) is 9.59 Å². The third-order valence-electron chi connectivity index (χ3n) is 3.53. The number of carbonyl (C=O) groups excluding carboxylic acids is 2. The molecule has 0 aliphatic rings. The van der Waals surface area contributed by atoms with Crippen LogP contribution >= 0.6 is 11.6 Å². The third-order valence-corrected chi connectivity index (χ3v) is 3.86. The van der Waals surface area contributed by atoms with E-state index in [-0.39, 0.29) is 5.91 Å². The van der Waals surface area contributed by atoms with Crippen LogP contribution in [0.5, 0.6) is 0 Å². The first kappa shape index (κ1) is 19.5. The van der Waals surface area contributed by atoms with Crippen LogP contribution in [-0.2, 0) is 14.4 Å². The number of amides is 2. The molecule has 0 radical (unpaired) electrons. The molecule has 2 aromatic carbocycles. The van der Waals surface area contributed by atoms with Crippen LogP contribution < -0.4 is 10.6 Å². The van der Waals surface area contributed by atoms with Crippen LogP contribution in [-0.4, -0.2) is 24.1 Å². The summed E-state index contributed by atoms with van der Waals surface area (Å²) in [6.45, 7) is 5.43. The molecule has 0 aliphatic heterocycles. The van der Waals surface area contributed by atoms with Gasteiger partial charge in [0.2, 0.25) is 6.10 Å². The fraction of sp³-hybridized carbons (Fsp3) is 0.211. The molecule has 0 fully saturated rings. The van der Waals surface area contributed by atoms with E-state index in [4.69, 9.17) is 16.4 Å². The van der Waals surface area contributed by atoms with Crippen LogP contribution in [0.15, 0.2) is 47.6 Å². The lowest BCUT2D eigenvalue weighted by molar-refractivity contribution is -0.126. The van der Waals surface area contributed by atoms with Crippen molar-refractivity contribution >= 4 is 41.0 Å². The van der Waals surface area contributed by atoms with Gasteiger partial charge in [-0.3, -0.25) is 9.59 Å². The van der Waals surface area contributed by atoms with Crippen LogP contribution in [0.4, 0.5) is 11.4 Å². The standard InChI is InChI=1S/C19H20ClN3O3/c1-12-8-9-16(13(2)10-12)23-19(25)14(3)26-21-11-18(24)22-17-7-5-4-6-15(17)20/h4-11,14H,1-3H3,(H,22,24)(H,23,25). The van der Waals surface area contributed by atoms with Gasteiger partial charge in [-0.25, -0.2) is 0 Å². The Morgan fingerprint density at radius 2 is 1.85 bits per heavy atom. The number of para-hydroxylation sites is 1. The molecule has 0 spiro atoms. The predicted octanol–water partition coefficient (Wildman–Crippen LogP) is 3.92. The number of carbonyl (C=O) groups is 2. The number of aryl methyl sites for hydroxylation is 2. The van der Waals surface area contributed by atoms with Crippen molar-refractivity contribution in [2.45, 2.75) is 26.9 Å². The number of halogens is 1. The highest BCUT2D eigenvalue weighted by molar-refractivity contribution is 6.36. The summed E-state index contributed by atoms with van der Waals surface area (Å²) in [5.41, 5.74) is 3.23. The van der Waals surface area contributed by atoms with E-state index >= 15 is 0 Å². The Morgan fingerprint density at radius 1 is 1.12 bits per heavy atom. The van der Waals surface area contributed by atoms with Crippen molar-refractivity contribution in [3.63, 3.8) is 0 Å². The van der Waals surface area contributed by atoms with Gasteiger partial charge < -0.3 is 15.5 Å². The summed E-state index contributed by atoms with van der Waals surface area (Å²) in [5.74, 6) is -0.874. The molecule has 0 saturated carbocycles. The zero-order chi connectivity index (χ0) is 19.1. The first-order valence-corrected chi connectivity index (χ1v) is 8.37. The number of anilines is 2. The average molecular weight is 374 g/mol. The summed E-state index contributed by atoms with van der Waals surface area (Å²) in [5, 5.41) is 9.30. The number of oxime groups is 1. The second kappa shape index (κ2) is 9.01. The Morgan fingerprint density at radius 3 is 2.54 bits per heavy atom. The molecule has 2 N–H and O–H groups in total. The molecule has 26 heavy (non-hydrogen) atoms. The molecule has 0 bridgehead atoms. The van der Waals surface area contributed by atoms with E-state index in [1.165, 1.54) is 0 Å². The van der Waals surface area contributed by atoms with Gasteiger partial charge in [0.05, 0.1) is 10.7 Å². The second-order valence-corrected chi connectivity index (χ2v) is 6.17. The minimum atomic E-state index is -0.861. The maximum absolute atomic E-state index is 12.1. The Labute approximate surface area is 157 Å². The summed E-state index contributed by atoms with van der Waals surface area (Å²) in [4.78, 5) is 29.0. The van der Waals surface area contributed by atoms with E-state index in [0.717, 1.165) is 17.3 Å². The van der Waals surface area contributed by atoms with Crippen molar-refractivity contribution < 1.29 is 14.4 Å². The zero-order valence-electron chi connectivity index (χ0n) is 14.7. The van der Waals surface area contributed by atoms with Crippen LogP contribution in [0.3, 0.4) is 0 Å². The third kappa shape index (κ3) is 5.60. The van der Waals surface area contributed by atoms with Gasteiger partial charge in [-0.05, 0) is 44.5 Å². The number of nitrogens with zero attached hydrogens (tertiary/aromatic N) is 1. The maximum Gasteiger partial charge on any atom is 0.270 e. The minimum Gasteiger partial charge on any atom is -0.383 e. The predicted molar refractivity (Wildman–Crippen MR) is 104 cm³/mol. The summed E-state index contributed by atoms with van der Waals surface area (Å²) in [6, 6.07) is 12.5. The maximum atomic E-state index is 12.1. The highest BCUT2D eigenvalue weighted by Gasteiger charge is 2.15. The fourth-order valence-electron chi connectivity index (χ4n) is 2.13. The highest BCUT2D eigenvalue weighted by Crippen LogP contribution is 2.20. The van der Waals surface area contributed by atoms with Crippen molar-refractivity contribution in [3.8, 4) is 0 Å². The van der Waals surface area contributed by atoms with Crippen LogP contribution in [0.2, 0.25) is 5.02 Å². The lowest BCUT2D eigenvalue weighted by atomic mass is 10.1. The van der Waals surface area contributed by atoms with Gasteiger partial charge in [0.1, 0.15) is 6.21 Å². The molecule has 6 nitrogen and oxygen atoms in total. The number of hydrogen-bond acceptors (Lipinski definition) is 4. The van der Waals surface area contributed by atoms with Crippen molar-refractivity contribution in [1.29, 1.82) is 0 Å². The summed E-state index contributed by atoms with van der Waals surface area (Å²) < 4.78 is 0. The van der Waals surface area contributed by atoms with Gasteiger partial charge in [-0.15, -0.1) is 0 Å². The quantitative estimate of drug-likeness (QED) is 0.594. The number of benzene rings is 2. The van der Waals surface area contributed by atoms with E-state index < -0.39 is 12.0 Å². The second-order valence-electron chi connectivity index (χ2n) is 5.76. The van der Waals surface area contributed by atoms with Crippen molar-refractivity contribution in [2.24, 2.45) is 5.16 Å². The van der Waals surface area contributed by atoms with Crippen LogP contribution in [0.25, 0.3) is 0 Å². The molecule has 0 aliphatic carbocycles. The number of hydrogen-bond donors (Lipinski definition) is 2. The molecule has 2 rings (SSSR count). The smallest absolute Gasteiger partial charge is 0.270 e. The summed E-state index contributed by atoms with van der Waals surface area (Å²) >= 11 is 5.95. The van der Waals surface area contributed by atoms with E-state index in [1.807, 2.05) is 32.0 Å². The Kier molecular flexibility index (Phi) is 6.74. The molecule has 1 atom stereocenters. The largest absolute Gasteiger partial charge is 0.383 e. The Hall–Kier alpha value is -2.86. The van der Waals surface area contributed by atoms with Crippen LogP contribution in [0.1, 0.15) is 18.1 Å². The molecule has 0 heterocycles. The average Bonchev–Trinajstić information content (AvgIpc) is 2.59. The number of rotatable bonds is 6. The molecule has 2 aromatic rings. The lowest BCUT2D eigenvalue weighted by Crippen LogP contribution is -2.27. The fourth-order valence-corrected chi connectivity index (χ4v) is 2.32. The van der Waals surface area contributed by atoms with E-state index in [0.29, 0.717) is 16.4 Å². The SMILES string of the molecule is Cc1ccc(NC(=O)C(C)ON=CC(=O)Nc2ccccc2Cl)c(C)c1. The molecule has 2 amide bonds. The van der Waals surface area contributed by atoms with E-state index in [1.54, 1.807) is 31.2 Å². The van der Waals surface area contributed by atoms with Crippen molar-refractivity contribution in [1.82, 2.24) is 0 Å². The number of nitrogens with one attached hydrogen (secondary N) is 2. The lowest BCUT2D eigenvalue weighted by Gasteiger charge is -2.12. The molecule has 1 unspecified atom stereocenters. The Bertz CT molecular complexity index is 837. The first-order valence-electron chi connectivity index (χ1n) is 7.99.